The first kappa shape index (κ1) is 17.0. The molecule has 20 heavy (non-hydrogen) atoms. The number of nitrogens with one attached hydrogen (secondary N) is 2. The fourth-order valence-corrected chi connectivity index (χ4v) is 1.87. The summed E-state index contributed by atoms with van der Waals surface area (Å²) in [6.45, 7) is 2.59. The second-order valence-corrected chi connectivity index (χ2v) is 4.79. The number of carbonyl (C=O) groups excluding carboxylic acids is 1. The highest BCUT2D eigenvalue weighted by atomic mass is 16.5. The molecule has 0 saturated heterocycles. The molecule has 0 fully saturated rings. The second kappa shape index (κ2) is 11.7. The molecule has 1 atom stereocenters. The molecule has 0 bridgehead atoms. The van der Waals surface area contributed by atoms with Crippen LogP contribution in [0.4, 0.5) is 0 Å². The minimum Gasteiger partial charge on any atom is -0.378 e. The second-order valence-electron chi connectivity index (χ2n) is 4.79. The van der Waals surface area contributed by atoms with Gasteiger partial charge in [-0.25, -0.2) is 0 Å². The van der Waals surface area contributed by atoms with Crippen LogP contribution in [0.15, 0.2) is 0 Å². The van der Waals surface area contributed by atoms with Crippen molar-refractivity contribution in [1.29, 1.82) is 0 Å². The zero-order chi connectivity index (χ0) is 14.5. The van der Waals surface area contributed by atoms with Gasteiger partial charge in [-0.2, -0.15) is 0 Å². The molecular formula is C15H26N2O3. The van der Waals surface area contributed by atoms with Gasteiger partial charge in [0.25, 0.3) is 0 Å². The summed E-state index contributed by atoms with van der Waals surface area (Å²) in [7, 11) is 1.88. The fraction of sp³-hybridized carbons (Fsp3) is 0.800. The normalized spacial score (nSPS) is 18.6. The topological polar surface area (TPSA) is 59.6 Å². The molecule has 1 amide bonds. The van der Waals surface area contributed by atoms with Crippen LogP contribution in [-0.2, 0) is 14.3 Å². The van der Waals surface area contributed by atoms with Gasteiger partial charge >= 0.3 is 0 Å². The summed E-state index contributed by atoms with van der Waals surface area (Å²) in [6.07, 6.45) is 5.27. The van der Waals surface area contributed by atoms with Gasteiger partial charge < -0.3 is 20.1 Å². The van der Waals surface area contributed by atoms with Crippen LogP contribution in [0.1, 0.15) is 32.1 Å². The van der Waals surface area contributed by atoms with Crippen molar-refractivity contribution in [2.45, 2.75) is 38.2 Å². The summed E-state index contributed by atoms with van der Waals surface area (Å²) in [6, 6.07) is 0. The molecule has 5 heteroatoms. The van der Waals surface area contributed by atoms with Crippen molar-refractivity contribution in [3.8, 4) is 11.8 Å². The Labute approximate surface area is 121 Å². The van der Waals surface area contributed by atoms with Gasteiger partial charge in [-0.3, -0.25) is 4.79 Å². The van der Waals surface area contributed by atoms with Gasteiger partial charge in [-0.1, -0.05) is 12.3 Å². The molecule has 0 aromatic rings. The third-order valence-electron chi connectivity index (χ3n) is 3.01. The third kappa shape index (κ3) is 8.92. The summed E-state index contributed by atoms with van der Waals surface area (Å²) >= 11 is 0. The molecule has 1 aliphatic rings. The maximum atomic E-state index is 11.6. The lowest BCUT2D eigenvalue weighted by atomic mass is 10.1. The molecule has 0 aromatic carbocycles. The average Bonchev–Trinajstić information content (AvgIpc) is 2.41. The number of ether oxygens (including phenoxy) is 2. The van der Waals surface area contributed by atoms with E-state index in [9.17, 15) is 4.79 Å². The van der Waals surface area contributed by atoms with Crippen LogP contribution < -0.4 is 10.6 Å². The number of likely N-dealkylation sites (N-methyl/N-ethyl adjacent to an activating group) is 1. The molecule has 1 rings (SSSR count). The molecule has 114 valence electrons. The van der Waals surface area contributed by atoms with Crippen LogP contribution in [0.5, 0.6) is 0 Å². The minimum absolute atomic E-state index is 0.0792. The van der Waals surface area contributed by atoms with Crippen molar-refractivity contribution in [3.05, 3.63) is 0 Å². The third-order valence-corrected chi connectivity index (χ3v) is 3.01. The number of hydrogen-bond donors (Lipinski definition) is 2. The van der Waals surface area contributed by atoms with E-state index in [0.717, 1.165) is 25.8 Å². The van der Waals surface area contributed by atoms with Gasteiger partial charge in [-0.05, 0) is 26.3 Å². The molecule has 1 unspecified atom stereocenters. The lowest BCUT2D eigenvalue weighted by molar-refractivity contribution is -0.127. The highest BCUT2D eigenvalue weighted by molar-refractivity contribution is 5.77. The van der Waals surface area contributed by atoms with E-state index in [1.807, 2.05) is 7.05 Å². The Morgan fingerprint density at radius 3 is 2.95 bits per heavy atom. The molecular weight excluding hydrogens is 256 g/mol. The van der Waals surface area contributed by atoms with Crippen molar-refractivity contribution < 1.29 is 14.3 Å². The molecule has 0 aromatic heterocycles. The van der Waals surface area contributed by atoms with E-state index in [1.165, 1.54) is 12.8 Å². The lowest BCUT2D eigenvalue weighted by Crippen LogP contribution is -2.32. The smallest absolute Gasteiger partial charge is 0.246 e. The Hall–Kier alpha value is -1.09. The fourth-order valence-electron chi connectivity index (χ4n) is 1.87. The molecule has 2 N–H and O–H groups in total. The van der Waals surface area contributed by atoms with Crippen molar-refractivity contribution in [2.75, 3.05) is 40.0 Å². The van der Waals surface area contributed by atoms with Crippen molar-refractivity contribution in [2.24, 2.45) is 0 Å². The Bertz CT molecular complexity index is 323. The molecule has 0 spiro atoms. The summed E-state index contributed by atoms with van der Waals surface area (Å²) in [5, 5.41) is 5.76. The standard InChI is InChI=1S/C15H26N2O3/c1-16-9-11-19-12-10-17-15(18)13-20-14-7-5-3-2-4-6-8-14/h14,16H,2-5,7,9-13H2,1H3,(H,17,18). The first-order valence-corrected chi connectivity index (χ1v) is 7.42. The zero-order valence-corrected chi connectivity index (χ0v) is 12.4. The van der Waals surface area contributed by atoms with E-state index in [4.69, 9.17) is 9.47 Å². The van der Waals surface area contributed by atoms with Crippen molar-refractivity contribution in [1.82, 2.24) is 10.6 Å². The van der Waals surface area contributed by atoms with Crippen LogP contribution in [0.3, 0.4) is 0 Å². The molecule has 0 radical (unpaired) electrons. The first-order chi connectivity index (χ1) is 9.83. The Balaban J connectivity index is 2.03. The summed E-state index contributed by atoms with van der Waals surface area (Å²) in [5.74, 6) is 6.08. The maximum absolute atomic E-state index is 11.6. The van der Waals surface area contributed by atoms with E-state index in [1.54, 1.807) is 0 Å². The van der Waals surface area contributed by atoms with Crippen LogP contribution in [0.2, 0.25) is 0 Å². The van der Waals surface area contributed by atoms with Crippen LogP contribution in [-0.4, -0.2) is 52.0 Å². The van der Waals surface area contributed by atoms with Gasteiger partial charge in [-0.15, -0.1) is 5.92 Å². The Morgan fingerprint density at radius 1 is 1.25 bits per heavy atom. The van der Waals surface area contributed by atoms with Crippen LogP contribution in [0.25, 0.3) is 0 Å². The maximum Gasteiger partial charge on any atom is 0.246 e. The monoisotopic (exact) mass is 282 g/mol. The van der Waals surface area contributed by atoms with Gasteiger partial charge in [0.1, 0.15) is 12.7 Å². The molecule has 0 saturated carbocycles. The Kier molecular flexibility index (Phi) is 9.93. The van der Waals surface area contributed by atoms with Crippen LogP contribution >= 0.6 is 0 Å². The predicted octanol–water partition coefficient (Wildman–Crippen LogP) is 0.691. The van der Waals surface area contributed by atoms with Gasteiger partial charge in [0, 0.05) is 19.5 Å². The minimum atomic E-state index is -0.105. The average molecular weight is 282 g/mol. The molecule has 0 heterocycles. The molecule has 1 aliphatic carbocycles. The van der Waals surface area contributed by atoms with Gasteiger partial charge in [0.2, 0.25) is 5.91 Å². The van der Waals surface area contributed by atoms with Crippen molar-refractivity contribution in [3.63, 3.8) is 0 Å². The molecule has 5 nitrogen and oxygen atoms in total. The summed E-state index contributed by atoms with van der Waals surface area (Å²) in [5.41, 5.74) is 0. The highest BCUT2D eigenvalue weighted by Gasteiger charge is 2.09. The summed E-state index contributed by atoms with van der Waals surface area (Å²) < 4.78 is 10.8. The van der Waals surface area contributed by atoms with Gasteiger partial charge in [0.15, 0.2) is 0 Å². The molecule has 0 aliphatic heterocycles. The van der Waals surface area contributed by atoms with E-state index < -0.39 is 0 Å². The largest absolute Gasteiger partial charge is 0.378 e. The quantitative estimate of drug-likeness (QED) is 0.482. The van der Waals surface area contributed by atoms with E-state index in [-0.39, 0.29) is 18.6 Å². The lowest BCUT2D eigenvalue weighted by Gasteiger charge is -2.13. The first-order valence-electron chi connectivity index (χ1n) is 7.42. The zero-order valence-electron chi connectivity index (χ0n) is 12.4. The van der Waals surface area contributed by atoms with E-state index in [0.29, 0.717) is 19.8 Å². The Morgan fingerprint density at radius 2 is 2.10 bits per heavy atom. The van der Waals surface area contributed by atoms with Crippen molar-refractivity contribution >= 4 is 5.91 Å². The predicted molar refractivity (Wildman–Crippen MR) is 78.4 cm³/mol. The van der Waals surface area contributed by atoms with Gasteiger partial charge in [0.05, 0.1) is 13.2 Å². The SMILES string of the molecule is CNCCOCCNC(=O)COC1C#CCCCCC1. The highest BCUT2D eigenvalue weighted by Crippen LogP contribution is 2.10. The number of carbonyl (C=O) groups is 1. The number of amides is 1. The number of hydrogen-bond acceptors (Lipinski definition) is 4. The summed E-state index contributed by atoms with van der Waals surface area (Å²) in [4.78, 5) is 11.6. The van der Waals surface area contributed by atoms with E-state index in [2.05, 4.69) is 22.5 Å². The van der Waals surface area contributed by atoms with E-state index >= 15 is 0 Å². The number of rotatable bonds is 9. The van der Waals surface area contributed by atoms with Crippen LogP contribution in [0, 0.1) is 11.8 Å².